The van der Waals surface area contributed by atoms with Crippen LogP contribution >= 0.6 is 0 Å². The molecule has 0 aromatic heterocycles. The summed E-state index contributed by atoms with van der Waals surface area (Å²) in [6.07, 6.45) is 10.4. The number of esters is 1. The Morgan fingerprint density at radius 2 is 1.93 bits per heavy atom. The fourth-order valence-electron chi connectivity index (χ4n) is 5.12. The van der Waals surface area contributed by atoms with Gasteiger partial charge in [0.05, 0.1) is 29.0 Å². The highest BCUT2D eigenvalue weighted by Gasteiger charge is 2.44. The van der Waals surface area contributed by atoms with Crippen molar-refractivity contribution in [1.82, 2.24) is 0 Å². The number of unbranched alkanes of at least 4 members (excludes halogenated alkanes) is 2. The summed E-state index contributed by atoms with van der Waals surface area (Å²) in [6, 6.07) is 11.4. The van der Waals surface area contributed by atoms with E-state index in [0.717, 1.165) is 51.4 Å². The first kappa shape index (κ1) is 20.4. The van der Waals surface area contributed by atoms with E-state index in [4.69, 9.17) is 10.00 Å². The Bertz CT molecular complexity index is 758. The summed E-state index contributed by atoms with van der Waals surface area (Å²) in [5.41, 5.74) is 0.425. The Hall–Kier alpha value is -2.33. The van der Waals surface area contributed by atoms with Gasteiger partial charge in [0.25, 0.3) is 0 Å². The first-order valence-corrected chi connectivity index (χ1v) is 10.7. The minimum Gasteiger partial charge on any atom is -0.426 e. The Morgan fingerprint density at radius 1 is 1.14 bits per heavy atom. The highest BCUT2D eigenvalue weighted by Crippen LogP contribution is 2.51. The minimum atomic E-state index is -0.150. The van der Waals surface area contributed by atoms with Crippen LogP contribution in [0.25, 0.3) is 0 Å². The quantitative estimate of drug-likeness (QED) is 0.358. The number of nitrogens with zero attached hydrogens (tertiary/aromatic N) is 2. The third-order valence-corrected chi connectivity index (χ3v) is 6.82. The van der Waals surface area contributed by atoms with Gasteiger partial charge in [0.2, 0.25) is 0 Å². The molecule has 4 nitrogen and oxygen atoms in total. The molecule has 0 aliphatic heterocycles. The predicted molar refractivity (Wildman–Crippen MR) is 107 cm³/mol. The minimum absolute atomic E-state index is 0.0495. The molecule has 0 saturated heterocycles. The smallest absolute Gasteiger partial charge is 0.314 e. The third-order valence-electron chi connectivity index (χ3n) is 6.82. The van der Waals surface area contributed by atoms with Gasteiger partial charge in [-0.3, -0.25) is 4.79 Å². The van der Waals surface area contributed by atoms with Gasteiger partial charge in [0, 0.05) is 0 Å². The molecular weight excluding hydrogens is 348 g/mol. The van der Waals surface area contributed by atoms with Crippen LogP contribution in [0.1, 0.15) is 76.7 Å². The number of ether oxygens (including phenoxy) is 1. The number of hydrogen-bond donors (Lipinski definition) is 0. The van der Waals surface area contributed by atoms with Gasteiger partial charge in [-0.15, -0.1) is 0 Å². The van der Waals surface area contributed by atoms with E-state index < -0.39 is 0 Å². The van der Waals surface area contributed by atoms with Gasteiger partial charge in [-0.05, 0) is 81.0 Å². The maximum Gasteiger partial charge on any atom is 0.314 e. The maximum atomic E-state index is 12.6. The number of hydrogen-bond acceptors (Lipinski definition) is 4. The molecule has 2 saturated carbocycles. The zero-order valence-electron chi connectivity index (χ0n) is 16.8. The number of benzene rings is 1. The van der Waals surface area contributed by atoms with Gasteiger partial charge < -0.3 is 4.74 Å². The summed E-state index contributed by atoms with van der Waals surface area (Å²) in [5.74, 6) is 1.43. The zero-order valence-corrected chi connectivity index (χ0v) is 16.8. The topological polar surface area (TPSA) is 73.9 Å². The van der Waals surface area contributed by atoms with Crippen LogP contribution in [0.15, 0.2) is 24.3 Å². The lowest BCUT2D eigenvalue weighted by Gasteiger charge is -2.45. The molecule has 2 aliphatic carbocycles. The summed E-state index contributed by atoms with van der Waals surface area (Å²) in [6.45, 7) is 2.20. The molecular formula is C24H30N2O2. The lowest BCUT2D eigenvalue weighted by molar-refractivity contribution is -0.141. The van der Waals surface area contributed by atoms with Crippen LogP contribution in [0.5, 0.6) is 5.75 Å². The number of fused-ring (bicyclic) bond motifs is 1. The van der Waals surface area contributed by atoms with Gasteiger partial charge in [-0.25, -0.2) is 0 Å². The molecule has 1 aromatic rings. The Balaban J connectivity index is 1.54. The van der Waals surface area contributed by atoms with Crippen molar-refractivity contribution < 1.29 is 9.53 Å². The fraction of sp³-hybridized carbons (Fsp3) is 0.625. The molecule has 0 radical (unpaired) electrons. The molecule has 0 spiro atoms. The lowest BCUT2D eigenvalue weighted by Crippen LogP contribution is -2.38. The highest BCUT2D eigenvalue weighted by atomic mass is 16.5. The SMILES string of the molecule is CCCCCC1(C#N)CCC2CC(C(=O)Oc3ccc(C#N)cc3)CCC2C1. The third kappa shape index (κ3) is 4.74. The van der Waals surface area contributed by atoms with Gasteiger partial charge in [-0.1, -0.05) is 26.2 Å². The van der Waals surface area contributed by atoms with E-state index in [2.05, 4.69) is 19.1 Å². The van der Waals surface area contributed by atoms with Crippen LogP contribution in [0.4, 0.5) is 0 Å². The predicted octanol–water partition coefficient (Wildman–Crippen LogP) is 5.77. The largest absolute Gasteiger partial charge is 0.426 e. The summed E-state index contributed by atoms with van der Waals surface area (Å²) in [4.78, 5) is 12.6. The molecule has 0 bridgehead atoms. The molecule has 4 atom stereocenters. The van der Waals surface area contributed by atoms with Gasteiger partial charge >= 0.3 is 5.97 Å². The second kappa shape index (κ2) is 9.24. The van der Waals surface area contributed by atoms with E-state index >= 15 is 0 Å². The van der Waals surface area contributed by atoms with E-state index in [1.165, 1.54) is 12.8 Å². The zero-order chi connectivity index (χ0) is 20.0. The maximum absolute atomic E-state index is 12.6. The lowest BCUT2D eigenvalue weighted by atomic mass is 9.59. The van der Waals surface area contributed by atoms with Crippen molar-refractivity contribution >= 4 is 5.97 Å². The summed E-state index contributed by atoms with van der Waals surface area (Å²) < 4.78 is 5.56. The Morgan fingerprint density at radius 3 is 2.61 bits per heavy atom. The van der Waals surface area contributed by atoms with Gasteiger partial charge in [-0.2, -0.15) is 10.5 Å². The molecule has 2 fully saturated rings. The van der Waals surface area contributed by atoms with Crippen molar-refractivity contribution in [1.29, 1.82) is 10.5 Å². The molecule has 3 rings (SSSR count). The molecule has 0 N–H and O–H groups in total. The van der Waals surface area contributed by atoms with Crippen molar-refractivity contribution in [3.63, 3.8) is 0 Å². The van der Waals surface area contributed by atoms with E-state index in [-0.39, 0.29) is 17.3 Å². The second-order valence-electron chi connectivity index (χ2n) is 8.68. The summed E-state index contributed by atoms with van der Waals surface area (Å²) >= 11 is 0. The van der Waals surface area contributed by atoms with Crippen molar-refractivity contribution in [2.75, 3.05) is 0 Å². The molecule has 148 valence electrons. The van der Waals surface area contributed by atoms with Crippen LogP contribution in [-0.2, 0) is 4.79 Å². The number of carbonyl (C=O) groups excluding carboxylic acids is 1. The number of nitriles is 2. The van der Waals surface area contributed by atoms with E-state index in [9.17, 15) is 10.1 Å². The molecule has 1 aromatic carbocycles. The summed E-state index contributed by atoms with van der Waals surface area (Å²) in [5, 5.41) is 18.7. The van der Waals surface area contributed by atoms with Crippen LogP contribution in [0.3, 0.4) is 0 Å². The summed E-state index contributed by atoms with van der Waals surface area (Å²) in [7, 11) is 0. The number of rotatable bonds is 6. The molecule has 0 amide bonds. The second-order valence-corrected chi connectivity index (χ2v) is 8.68. The Kier molecular flexibility index (Phi) is 6.74. The van der Waals surface area contributed by atoms with Crippen molar-refractivity contribution in [3.05, 3.63) is 29.8 Å². The van der Waals surface area contributed by atoms with Crippen molar-refractivity contribution in [3.8, 4) is 17.9 Å². The monoisotopic (exact) mass is 378 g/mol. The van der Waals surface area contributed by atoms with Crippen LogP contribution in [0.2, 0.25) is 0 Å². The average Bonchev–Trinajstić information content (AvgIpc) is 2.74. The first-order chi connectivity index (χ1) is 13.6. The van der Waals surface area contributed by atoms with Crippen LogP contribution in [-0.4, -0.2) is 5.97 Å². The van der Waals surface area contributed by atoms with Gasteiger partial charge in [0.15, 0.2) is 0 Å². The van der Waals surface area contributed by atoms with E-state index in [1.54, 1.807) is 24.3 Å². The van der Waals surface area contributed by atoms with Crippen molar-refractivity contribution in [2.45, 2.75) is 71.1 Å². The highest BCUT2D eigenvalue weighted by molar-refractivity contribution is 5.75. The van der Waals surface area contributed by atoms with Gasteiger partial charge in [0.1, 0.15) is 5.75 Å². The normalized spacial score (nSPS) is 29.2. The molecule has 0 heterocycles. The number of carbonyl (C=O) groups is 1. The van der Waals surface area contributed by atoms with E-state index in [0.29, 0.717) is 23.1 Å². The van der Waals surface area contributed by atoms with E-state index in [1.807, 2.05) is 0 Å². The average molecular weight is 379 g/mol. The molecule has 2 aliphatic rings. The van der Waals surface area contributed by atoms with Crippen molar-refractivity contribution in [2.24, 2.45) is 23.2 Å². The molecule has 4 unspecified atom stereocenters. The molecule has 4 heteroatoms. The first-order valence-electron chi connectivity index (χ1n) is 10.7. The standard InChI is InChI=1S/C24H30N2O2/c1-2-3-4-12-24(17-26)13-11-19-14-20(7-8-21(19)15-24)23(27)28-22-9-5-18(16-25)6-10-22/h5-6,9-10,19-21H,2-4,7-8,11-15H2,1H3. The van der Waals surface area contributed by atoms with Crippen LogP contribution in [0, 0.1) is 45.8 Å². The van der Waals surface area contributed by atoms with Crippen LogP contribution < -0.4 is 4.74 Å². The Labute approximate surface area is 168 Å². The fourth-order valence-corrected chi connectivity index (χ4v) is 5.12. The molecule has 28 heavy (non-hydrogen) atoms.